The van der Waals surface area contributed by atoms with Crippen LogP contribution in [0.5, 0.6) is 0 Å². The predicted molar refractivity (Wildman–Crippen MR) is 131 cm³/mol. The summed E-state index contributed by atoms with van der Waals surface area (Å²) in [5.41, 5.74) is 12.7. The number of rotatable bonds is 6. The molecule has 0 saturated heterocycles. The highest BCUT2D eigenvalue weighted by atomic mass is 16.2. The van der Waals surface area contributed by atoms with Gasteiger partial charge >= 0.3 is 0 Å². The van der Waals surface area contributed by atoms with Crippen molar-refractivity contribution in [3.63, 3.8) is 0 Å². The molecule has 6 nitrogen and oxygen atoms in total. The molecular formula is C27H27N5O. The first-order valence-electron chi connectivity index (χ1n) is 11.4. The number of carbonyl (C=O) groups is 1. The Balaban J connectivity index is 1.54. The molecule has 166 valence electrons. The van der Waals surface area contributed by atoms with Crippen LogP contribution in [0.1, 0.15) is 40.5 Å². The lowest BCUT2D eigenvalue weighted by Gasteiger charge is -2.17. The normalized spacial score (nSPS) is 12.8. The lowest BCUT2D eigenvalue weighted by atomic mass is 9.97. The number of anilines is 1. The summed E-state index contributed by atoms with van der Waals surface area (Å²) in [4.78, 5) is 24.1. The number of amides is 1. The second-order valence-electron chi connectivity index (χ2n) is 8.43. The van der Waals surface area contributed by atoms with Crippen LogP contribution >= 0.6 is 0 Å². The van der Waals surface area contributed by atoms with Crippen LogP contribution < -0.4 is 11.1 Å². The van der Waals surface area contributed by atoms with Gasteiger partial charge in [-0.05, 0) is 52.9 Å². The number of nitrogens with two attached hydrogens (primary N) is 1. The van der Waals surface area contributed by atoms with Crippen molar-refractivity contribution in [3.8, 4) is 11.1 Å². The fraction of sp³-hybridized carbons (Fsp3) is 0.222. The standard InChI is InChI=1S/C27H27N5O/c1-2-13-29-15-19-7-5-6-10-22(19)18-11-12-24-23(14-18)25(31-27(28)30-24)26(33)32-16-20-8-3-4-9-21(20)17-32/h3-12,14,29H,2,13,15-17H2,1H3,(H2,28,30,31). The third-order valence-electron chi connectivity index (χ3n) is 6.11. The minimum absolute atomic E-state index is 0.111. The van der Waals surface area contributed by atoms with Crippen molar-refractivity contribution in [1.29, 1.82) is 0 Å². The van der Waals surface area contributed by atoms with Crippen LogP contribution in [-0.4, -0.2) is 27.3 Å². The lowest BCUT2D eigenvalue weighted by Crippen LogP contribution is -2.27. The molecule has 0 radical (unpaired) electrons. The first kappa shape index (κ1) is 21.1. The Hall–Kier alpha value is -3.77. The molecule has 0 saturated carbocycles. The highest BCUT2D eigenvalue weighted by molar-refractivity contribution is 6.05. The van der Waals surface area contributed by atoms with Crippen LogP contribution in [0, 0.1) is 0 Å². The van der Waals surface area contributed by atoms with Crippen LogP contribution in [-0.2, 0) is 19.6 Å². The summed E-state index contributed by atoms with van der Waals surface area (Å²) in [5, 5.41) is 4.20. The van der Waals surface area contributed by atoms with Gasteiger partial charge in [-0.15, -0.1) is 0 Å². The number of nitrogens with one attached hydrogen (secondary N) is 1. The highest BCUT2D eigenvalue weighted by Crippen LogP contribution is 2.30. The molecule has 0 bridgehead atoms. The van der Waals surface area contributed by atoms with Crippen molar-refractivity contribution in [3.05, 3.63) is 89.1 Å². The van der Waals surface area contributed by atoms with Gasteiger partial charge in [0.25, 0.3) is 5.91 Å². The average Bonchev–Trinajstić information content (AvgIpc) is 3.28. The molecule has 6 heteroatoms. The fourth-order valence-corrected chi connectivity index (χ4v) is 4.46. The Labute approximate surface area is 193 Å². The fourth-order valence-electron chi connectivity index (χ4n) is 4.46. The SMILES string of the molecule is CCCNCc1ccccc1-c1ccc2nc(N)nc(C(=O)N3Cc4ccccc4C3)c2c1. The van der Waals surface area contributed by atoms with Crippen molar-refractivity contribution in [2.45, 2.75) is 33.0 Å². The molecule has 33 heavy (non-hydrogen) atoms. The van der Waals surface area contributed by atoms with Gasteiger partial charge in [-0.1, -0.05) is 61.5 Å². The Morgan fingerprint density at radius 2 is 1.73 bits per heavy atom. The van der Waals surface area contributed by atoms with Gasteiger partial charge in [-0.3, -0.25) is 4.79 Å². The summed E-state index contributed by atoms with van der Waals surface area (Å²) in [6, 6.07) is 22.5. The number of hydrogen-bond donors (Lipinski definition) is 2. The smallest absolute Gasteiger partial charge is 0.273 e. The minimum atomic E-state index is -0.125. The summed E-state index contributed by atoms with van der Waals surface area (Å²) < 4.78 is 0. The maximum Gasteiger partial charge on any atom is 0.273 e. The molecule has 0 unspecified atom stereocenters. The van der Waals surface area contributed by atoms with E-state index >= 15 is 0 Å². The molecule has 4 aromatic rings. The molecule has 2 heterocycles. The van der Waals surface area contributed by atoms with E-state index < -0.39 is 0 Å². The molecule has 1 amide bonds. The zero-order valence-electron chi connectivity index (χ0n) is 18.7. The van der Waals surface area contributed by atoms with E-state index in [4.69, 9.17) is 5.73 Å². The Kier molecular flexibility index (Phi) is 5.75. The number of fused-ring (bicyclic) bond motifs is 2. The first-order chi connectivity index (χ1) is 16.1. The van der Waals surface area contributed by atoms with Gasteiger partial charge in [-0.25, -0.2) is 9.97 Å². The molecule has 0 atom stereocenters. The van der Waals surface area contributed by atoms with E-state index in [1.54, 1.807) is 0 Å². The summed E-state index contributed by atoms with van der Waals surface area (Å²) in [7, 11) is 0. The number of hydrogen-bond acceptors (Lipinski definition) is 5. The van der Waals surface area contributed by atoms with Gasteiger partial charge in [0.1, 0.15) is 5.69 Å². The molecule has 3 aromatic carbocycles. The Morgan fingerprint density at radius 3 is 2.48 bits per heavy atom. The van der Waals surface area contributed by atoms with Gasteiger partial charge in [0.2, 0.25) is 5.95 Å². The maximum atomic E-state index is 13.5. The van der Waals surface area contributed by atoms with Crippen LogP contribution in [0.3, 0.4) is 0 Å². The molecule has 0 spiro atoms. The van der Waals surface area contributed by atoms with Crippen molar-refractivity contribution in [2.75, 3.05) is 12.3 Å². The van der Waals surface area contributed by atoms with E-state index in [0.717, 1.165) is 36.0 Å². The summed E-state index contributed by atoms with van der Waals surface area (Å²) in [5.74, 6) is -0.0141. The molecule has 3 N–H and O–H groups in total. The first-order valence-corrected chi connectivity index (χ1v) is 11.4. The topological polar surface area (TPSA) is 84.1 Å². The van der Waals surface area contributed by atoms with Gasteiger partial charge in [0.05, 0.1) is 5.52 Å². The van der Waals surface area contributed by atoms with Gasteiger partial charge in [0, 0.05) is 25.0 Å². The molecule has 1 aliphatic rings. The molecule has 0 aliphatic carbocycles. The molecular weight excluding hydrogens is 410 g/mol. The minimum Gasteiger partial charge on any atom is -0.368 e. The van der Waals surface area contributed by atoms with E-state index in [1.807, 2.05) is 41.3 Å². The lowest BCUT2D eigenvalue weighted by molar-refractivity contribution is 0.0747. The number of nitrogens with zero attached hydrogens (tertiary/aromatic N) is 3. The summed E-state index contributed by atoms with van der Waals surface area (Å²) in [6.07, 6.45) is 1.09. The van der Waals surface area contributed by atoms with Crippen molar-refractivity contribution in [2.24, 2.45) is 0 Å². The monoisotopic (exact) mass is 437 g/mol. The highest BCUT2D eigenvalue weighted by Gasteiger charge is 2.27. The predicted octanol–water partition coefficient (Wildman–Crippen LogP) is 4.53. The van der Waals surface area contributed by atoms with Crippen molar-refractivity contribution < 1.29 is 4.79 Å². The second-order valence-corrected chi connectivity index (χ2v) is 8.43. The largest absolute Gasteiger partial charge is 0.368 e. The Bertz CT molecular complexity index is 1310. The van der Waals surface area contributed by atoms with Crippen molar-refractivity contribution in [1.82, 2.24) is 20.2 Å². The summed E-state index contributed by atoms with van der Waals surface area (Å²) in [6.45, 7) is 5.07. The van der Waals surface area contributed by atoms with Gasteiger partial charge < -0.3 is 16.0 Å². The number of benzene rings is 3. The van der Waals surface area contributed by atoms with Crippen LogP contribution in [0.15, 0.2) is 66.7 Å². The van der Waals surface area contributed by atoms with E-state index in [0.29, 0.717) is 24.3 Å². The van der Waals surface area contributed by atoms with E-state index in [-0.39, 0.29) is 11.9 Å². The zero-order valence-corrected chi connectivity index (χ0v) is 18.7. The number of nitrogen functional groups attached to an aromatic ring is 1. The van der Waals surface area contributed by atoms with E-state index in [1.165, 1.54) is 16.7 Å². The van der Waals surface area contributed by atoms with E-state index in [2.05, 4.69) is 52.5 Å². The van der Waals surface area contributed by atoms with Crippen molar-refractivity contribution >= 4 is 22.8 Å². The van der Waals surface area contributed by atoms with Gasteiger partial charge in [-0.2, -0.15) is 0 Å². The van der Waals surface area contributed by atoms with Crippen LogP contribution in [0.4, 0.5) is 5.95 Å². The summed E-state index contributed by atoms with van der Waals surface area (Å²) >= 11 is 0. The Morgan fingerprint density at radius 1 is 1.00 bits per heavy atom. The molecule has 5 rings (SSSR count). The maximum absolute atomic E-state index is 13.5. The third-order valence-corrected chi connectivity index (χ3v) is 6.11. The van der Waals surface area contributed by atoms with Gasteiger partial charge in [0.15, 0.2) is 0 Å². The quantitative estimate of drug-likeness (QED) is 0.433. The molecule has 0 fully saturated rings. The zero-order chi connectivity index (χ0) is 22.8. The average molecular weight is 438 g/mol. The van der Waals surface area contributed by atoms with Crippen LogP contribution in [0.25, 0.3) is 22.0 Å². The second kappa shape index (κ2) is 9.00. The van der Waals surface area contributed by atoms with Crippen LogP contribution in [0.2, 0.25) is 0 Å². The number of carbonyl (C=O) groups excluding carboxylic acids is 1. The molecule has 1 aromatic heterocycles. The number of aromatic nitrogens is 2. The third kappa shape index (κ3) is 4.17. The van der Waals surface area contributed by atoms with E-state index in [9.17, 15) is 4.79 Å². The molecule has 1 aliphatic heterocycles.